The summed E-state index contributed by atoms with van der Waals surface area (Å²) in [5, 5.41) is 4.46. The number of ether oxygens (including phenoxy) is 1. The van der Waals surface area contributed by atoms with Gasteiger partial charge in [-0.05, 0) is 50.6 Å². The van der Waals surface area contributed by atoms with Crippen LogP contribution < -0.4 is 9.80 Å². The van der Waals surface area contributed by atoms with Gasteiger partial charge < -0.3 is 9.64 Å². The van der Waals surface area contributed by atoms with Crippen LogP contribution in [-0.4, -0.2) is 45.5 Å². The molecule has 166 valence electrons. The molecule has 32 heavy (non-hydrogen) atoms. The first-order valence-electron chi connectivity index (χ1n) is 10.7. The Kier molecular flexibility index (Phi) is 5.94. The second-order valence-corrected chi connectivity index (χ2v) is 8.23. The zero-order valence-corrected chi connectivity index (χ0v) is 18.7. The highest BCUT2D eigenvalue weighted by Crippen LogP contribution is 2.39. The van der Waals surface area contributed by atoms with Gasteiger partial charge in [0, 0.05) is 31.4 Å². The molecular weight excluding hydrogens is 406 g/mol. The molecule has 3 heterocycles. The van der Waals surface area contributed by atoms with E-state index in [9.17, 15) is 9.59 Å². The van der Waals surface area contributed by atoms with Crippen LogP contribution in [0.15, 0.2) is 55.0 Å². The van der Waals surface area contributed by atoms with Gasteiger partial charge in [-0.1, -0.05) is 12.1 Å². The van der Waals surface area contributed by atoms with Gasteiger partial charge in [0.05, 0.1) is 42.0 Å². The Morgan fingerprint density at radius 3 is 2.66 bits per heavy atom. The second kappa shape index (κ2) is 8.82. The lowest BCUT2D eigenvalue weighted by Crippen LogP contribution is -2.51. The van der Waals surface area contributed by atoms with Crippen molar-refractivity contribution in [3.05, 3.63) is 60.7 Å². The molecule has 0 aliphatic carbocycles. The van der Waals surface area contributed by atoms with Crippen LogP contribution in [0.5, 0.6) is 0 Å². The summed E-state index contributed by atoms with van der Waals surface area (Å²) < 4.78 is 7.29. The SMILES string of the molecule is CC(=O)N1c2ccc(-c3cnn(Cc4ccccn4)c3)cc2N(C(=O)OC(C)C)CC1C. The molecular formula is C24H27N5O3. The minimum atomic E-state index is -0.417. The normalized spacial score (nSPS) is 15.6. The maximum atomic E-state index is 12.8. The molecule has 1 aromatic carbocycles. The molecule has 4 rings (SSSR count). The Morgan fingerprint density at radius 2 is 1.97 bits per heavy atom. The Balaban J connectivity index is 1.69. The largest absolute Gasteiger partial charge is 0.446 e. The fourth-order valence-electron chi connectivity index (χ4n) is 3.98. The number of pyridine rings is 1. The number of carbonyl (C=O) groups is 2. The van der Waals surface area contributed by atoms with Gasteiger partial charge in [0.1, 0.15) is 0 Å². The van der Waals surface area contributed by atoms with E-state index in [0.717, 1.165) is 16.8 Å². The first-order valence-corrected chi connectivity index (χ1v) is 10.7. The van der Waals surface area contributed by atoms with Gasteiger partial charge in [-0.15, -0.1) is 0 Å². The summed E-state index contributed by atoms with van der Waals surface area (Å²) in [5.41, 5.74) is 4.08. The molecule has 0 spiro atoms. The first-order chi connectivity index (χ1) is 15.3. The molecule has 1 atom stereocenters. The summed E-state index contributed by atoms with van der Waals surface area (Å²) in [5.74, 6) is -0.0634. The van der Waals surface area contributed by atoms with E-state index in [0.29, 0.717) is 24.5 Å². The minimum absolute atomic E-state index is 0.0634. The van der Waals surface area contributed by atoms with Crippen LogP contribution in [0.1, 0.15) is 33.4 Å². The molecule has 2 aromatic heterocycles. The average molecular weight is 434 g/mol. The van der Waals surface area contributed by atoms with E-state index in [-0.39, 0.29) is 18.1 Å². The molecule has 1 aliphatic rings. The van der Waals surface area contributed by atoms with Gasteiger partial charge in [0.25, 0.3) is 0 Å². The van der Waals surface area contributed by atoms with Gasteiger partial charge >= 0.3 is 6.09 Å². The van der Waals surface area contributed by atoms with E-state index in [1.54, 1.807) is 22.2 Å². The minimum Gasteiger partial charge on any atom is -0.446 e. The van der Waals surface area contributed by atoms with Gasteiger partial charge in [0.2, 0.25) is 5.91 Å². The molecule has 0 saturated carbocycles. The molecule has 0 radical (unpaired) electrons. The third-order valence-corrected chi connectivity index (χ3v) is 5.33. The number of amides is 2. The van der Waals surface area contributed by atoms with Crippen LogP contribution in [0.25, 0.3) is 11.1 Å². The topological polar surface area (TPSA) is 80.6 Å². The summed E-state index contributed by atoms with van der Waals surface area (Å²) in [7, 11) is 0. The fraction of sp³-hybridized carbons (Fsp3) is 0.333. The molecule has 0 bridgehead atoms. The van der Waals surface area contributed by atoms with E-state index < -0.39 is 6.09 Å². The van der Waals surface area contributed by atoms with Crippen molar-refractivity contribution in [1.82, 2.24) is 14.8 Å². The van der Waals surface area contributed by atoms with Gasteiger partial charge in [-0.25, -0.2) is 4.79 Å². The molecule has 0 N–H and O–H groups in total. The lowest BCUT2D eigenvalue weighted by Gasteiger charge is -2.40. The van der Waals surface area contributed by atoms with Crippen molar-refractivity contribution in [2.45, 2.75) is 46.4 Å². The second-order valence-electron chi connectivity index (χ2n) is 8.23. The monoisotopic (exact) mass is 433 g/mol. The number of aromatic nitrogens is 3. The quantitative estimate of drug-likeness (QED) is 0.619. The van der Waals surface area contributed by atoms with E-state index in [2.05, 4.69) is 10.1 Å². The van der Waals surface area contributed by atoms with Crippen molar-refractivity contribution in [3.63, 3.8) is 0 Å². The van der Waals surface area contributed by atoms with Crippen molar-refractivity contribution in [2.75, 3.05) is 16.3 Å². The van der Waals surface area contributed by atoms with Crippen LogP contribution in [0.2, 0.25) is 0 Å². The lowest BCUT2D eigenvalue weighted by atomic mass is 10.0. The smallest absolute Gasteiger partial charge is 0.414 e. The van der Waals surface area contributed by atoms with Crippen molar-refractivity contribution in [1.29, 1.82) is 0 Å². The third kappa shape index (κ3) is 4.34. The van der Waals surface area contributed by atoms with E-state index in [1.807, 2.05) is 68.0 Å². The van der Waals surface area contributed by atoms with E-state index in [4.69, 9.17) is 4.74 Å². The maximum Gasteiger partial charge on any atom is 0.414 e. The molecule has 3 aromatic rings. The van der Waals surface area contributed by atoms with E-state index >= 15 is 0 Å². The number of rotatable bonds is 4. The van der Waals surface area contributed by atoms with Crippen LogP contribution in [0.3, 0.4) is 0 Å². The zero-order chi connectivity index (χ0) is 22.8. The molecule has 8 heteroatoms. The third-order valence-electron chi connectivity index (χ3n) is 5.33. The number of fused-ring (bicyclic) bond motifs is 1. The number of benzene rings is 1. The van der Waals surface area contributed by atoms with Crippen LogP contribution >= 0.6 is 0 Å². The number of carbonyl (C=O) groups excluding carboxylic acids is 2. The molecule has 0 saturated heterocycles. The van der Waals surface area contributed by atoms with Gasteiger partial charge in [-0.3, -0.25) is 19.4 Å². The van der Waals surface area contributed by atoms with Crippen molar-refractivity contribution in [2.24, 2.45) is 0 Å². The number of hydrogen-bond acceptors (Lipinski definition) is 5. The average Bonchev–Trinajstić information content (AvgIpc) is 3.21. The predicted molar refractivity (Wildman–Crippen MR) is 123 cm³/mol. The van der Waals surface area contributed by atoms with Gasteiger partial charge in [-0.2, -0.15) is 5.10 Å². The predicted octanol–water partition coefficient (Wildman–Crippen LogP) is 4.10. The highest BCUT2D eigenvalue weighted by molar-refractivity contribution is 6.03. The number of nitrogens with zero attached hydrogens (tertiary/aromatic N) is 5. The molecule has 1 aliphatic heterocycles. The van der Waals surface area contributed by atoms with Crippen molar-refractivity contribution < 1.29 is 14.3 Å². The summed E-state index contributed by atoms with van der Waals surface area (Å²) in [6.07, 6.45) is 4.84. The van der Waals surface area contributed by atoms with Crippen molar-refractivity contribution in [3.8, 4) is 11.1 Å². The van der Waals surface area contributed by atoms with Gasteiger partial charge in [0.15, 0.2) is 0 Å². The van der Waals surface area contributed by atoms with E-state index in [1.165, 1.54) is 6.92 Å². The molecule has 1 unspecified atom stereocenters. The molecule has 0 fully saturated rings. The standard InChI is InChI=1S/C24H27N5O3/c1-16(2)32-24(31)28-13-17(3)29(18(4)30)22-9-8-19(11-23(22)28)20-12-26-27(14-20)15-21-7-5-6-10-25-21/h5-12,14,16-17H,13,15H2,1-4H3. The Bertz CT molecular complexity index is 1130. The Morgan fingerprint density at radius 1 is 1.16 bits per heavy atom. The summed E-state index contributed by atoms with van der Waals surface area (Å²) in [4.78, 5) is 32.8. The first kappa shape index (κ1) is 21.5. The summed E-state index contributed by atoms with van der Waals surface area (Å²) in [6.45, 7) is 8.03. The zero-order valence-electron chi connectivity index (χ0n) is 18.7. The number of hydrogen-bond donors (Lipinski definition) is 0. The summed E-state index contributed by atoms with van der Waals surface area (Å²) >= 11 is 0. The van der Waals surface area contributed by atoms with Crippen LogP contribution in [-0.2, 0) is 16.1 Å². The fourth-order valence-corrected chi connectivity index (χ4v) is 3.98. The van der Waals surface area contributed by atoms with Crippen LogP contribution in [0, 0.1) is 0 Å². The molecule has 8 nitrogen and oxygen atoms in total. The highest BCUT2D eigenvalue weighted by atomic mass is 16.6. The maximum absolute atomic E-state index is 12.8. The molecule has 2 amide bonds. The summed E-state index contributed by atoms with van der Waals surface area (Å²) in [6, 6.07) is 11.4. The Labute approximate surface area is 187 Å². The van der Waals surface area contributed by atoms with Crippen LogP contribution in [0.4, 0.5) is 16.2 Å². The lowest BCUT2D eigenvalue weighted by molar-refractivity contribution is -0.117. The van der Waals surface area contributed by atoms with Crippen molar-refractivity contribution >= 4 is 23.4 Å². The number of anilines is 2. The highest BCUT2D eigenvalue weighted by Gasteiger charge is 2.34. The Hall–Kier alpha value is -3.68.